The predicted molar refractivity (Wildman–Crippen MR) is 71.8 cm³/mol. The highest BCUT2D eigenvalue weighted by Gasteiger charge is 2.05. The number of esters is 1. The van der Waals surface area contributed by atoms with E-state index in [0.717, 1.165) is 11.1 Å². The molecule has 0 saturated carbocycles. The fraction of sp³-hybridized carbons (Fsp3) is 0.133. The van der Waals surface area contributed by atoms with Crippen LogP contribution in [0.3, 0.4) is 0 Å². The Bertz CT molecular complexity index is 506. The number of rotatable bonds is 4. The van der Waals surface area contributed by atoms with Crippen molar-refractivity contribution in [2.75, 3.05) is 0 Å². The zero-order valence-corrected chi connectivity index (χ0v) is 10.6. The van der Waals surface area contributed by atoms with Crippen molar-refractivity contribution >= 4 is 17.6 Å². The van der Waals surface area contributed by atoms with Gasteiger partial charge in [-0.15, -0.1) is 11.6 Å². The molecular weight excluding hydrogens is 248 g/mol. The Balaban J connectivity index is 1.94. The molecule has 0 aliphatic heterocycles. The molecule has 0 heterocycles. The quantitative estimate of drug-likeness (QED) is 0.477. The Morgan fingerprint density at radius 1 is 0.944 bits per heavy atom. The van der Waals surface area contributed by atoms with Gasteiger partial charge in [0.25, 0.3) is 0 Å². The molecule has 0 aliphatic rings. The van der Waals surface area contributed by atoms with Gasteiger partial charge in [0.1, 0.15) is 5.75 Å². The second-order valence-electron chi connectivity index (χ2n) is 3.91. The van der Waals surface area contributed by atoms with E-state index in [0.29, 0.717) is 11.6 Å². The smallest absolute Gasteiger partial charge is 0.315 e. The Labute approximate surface area is 111 Å². The molecular formula is C15H13ClO2. The van der Waals surface area contributed by atoms with Crippen molar-refractivity contribution in [1.29, 1.82) is 0 Å². The number of alkyl halides is 1. The number of benzene rings is 2. The van der Waals surface area contributed by atoms with Crippen molar-refractivity contribution in [3.8, 4) is 5.75 Å². The monoisotopic (exact) mass is 260 g/mol. The number of ether oxygens (including phenoxy) is 1. The van der Waals surface area contributed by atoms with Crippen LogP contribution in [0.5, 0.6) is 5.75 Å². The summed E-state index contributed by atoms with van der Waals surface area (Å²) in [7, 11) is 0. The first kappa shape index (κ1) is 12.7. The van der Waals surface area contributed by atoms with E-state index in [4.69, 9.17) is 16.3 Å². The topological polar surface area (TPSA) is 26.3 Å². The molecule has 0 amide bonds. The molecule has 2 nitrogen and oxygen atoms in total. The summed E-state index contributed by atoms with van der Waals surface area (Å²) in [5, 5.41) is 0. The van der Waals surface area contributed by atoms with E-state index in [-0.39, 0.29) is 12.4 Å². The first-order chi connectivity index (χ1) is 8.78. The first-order valence-corrected chi connectivity index (χ1v) is 6.21. The van der Waals surface area contributed by atoms with E-state index in [1.807, 2.05) is 42.5 Å². The summed E-state index contributed by atoms with van der Waals surface area (Å²) in [6, 6.07) is 16.7. The average Bonchev–Trinajstić information content (AvgIpc) is 2.40. The second-order valence-corrected chi connectivity index (χ2v) is 4.18. The maximum absolute atomic E-state index is 11.7. The summed E-state index contributed by atoms with van der Waals surface area (Å²) in [5.41, 5.74) is 1.94. The third-order valence-electron chi connectivity index (χ3n) is 2.50. The molecule has 0 radical (unpaired) electrons. The van der Waals surface area contributed by atoms with E-state index >= 15 is 0 Å². The third-order valence-corrected chi connectivity index (χ3v) is 2.81. The van der Waals surface area contributed by atoms with Gasteiger partial charge in [0.05, 0.1) is 6.42 Å². The molecule has 0 saturated heterocycles. The molecule has 0 bridgehead atoms. The molecule has 0 atom stereocenters. The molecule has 0 spiro atoms. The fourth-order valence-corrected chi connectivity index (χ4v) is 1.75. The summed E-state index contributed by atoms with van der Waals surface area (Å²) >= 11 is 5.68. The fourth-order valence-electron chi connectivity index (χ4n) is 1.58. The van der Waals surface area contributed by atoms with Gasteiger partial charge < -0.3 is 4.74 Å². The summed E-state index contributed by atoms with van der Waals surface area (Å²) < 4.78 is 5.24. The van der Waals surface area contributed by atoms with Gasteiger partial charge in [0, 0.05) is 5.88 Å². The van der Waals surface area contributed by atoms with Crippen molar-refractivity contribution in [3.63, 3.8) is 0 Å². The average molecular weight is 261 g/mol. The minimum Gasteiger partial charge on any atom is -0.426 e. The lowest BCUT2D eigenvalue weighted by molar-refractivity contribution is -0.133. The summed E-state index contributed by atoms with van der Waals surface area (Å²) in [6.45, 7) is 0. The van der Waals surface area contributed by atoms with Gasteiger partial charge in [-0.25, -0.2) is 0 Å². The van der Waals surface area contributed by atoms with Crippen LogP contribution in [0.25, 0.3) is 0 Å². The van der Waals surface area contributed by atoms with Crippen LogP contribution in [0.4, 0.5) is 0 Å². The SMILES string of the molecule is O=C(Cc1ccccc1)Oc1ccc(CCl)cc1. The van der Waals surface area contributed by atoms with Crippen molar-refractivity contribution in [3.05, 3.63) is 65.7 Å². The molecule has 0 N–H and O–H groups in total. The largest absolute Gasteiger partial charge is 0.426 e. The number of halogens is 1. The standard InChI is InChI=1S/C15H13ClO2/c16-11-13-6-8-14(9-7-13)18-15(17)10-12-4-2-1-3-5-12/h1-9H,10-11H2. The zero-order chi connectivity index (χ0) is 12.8. The van der Waals surface area contributed by atoms with Crippen LogP contribution in [-0.2, 0) is 17.1 Å². The summed E-state index contributed by atoms with van der Waals surface area (Å²) in [5.74, 6) is 0.739. The minimum absolute atomic E-state index is 0.264. The number of carbonyl (C=O) groups is 1. The van der Waals surface area contributed by atoms with Gasteiger partial charge in [-0.05, 0) is 23.3 Å². The summed E-state index contributed by atoms with van der Waals surface area (Å²) in [4.78, 5) is 11.7. The molecule has 92 valence electrons. The normalized spacial score (nSPS) is 10.1. The van der Waals surface area contributed by atoms with Crippen LogP contribution in [-0.4, -0.2) is 5.97 Å². The van der Waals surface area contributed by atoms with Crippen molar-refractivity contribution in [1.82, 2.24) is 0 Å². The van der Waals surface area contributed by atoms with Crippen LogP contribution >= 0.6 is 11.6 Å². The molecule has 0 fully saturated rings. The molecule has 18 heavy (non-hydrogen) atoms. The number of carbonyl (C=O) groups excluding carboxylic acids is 1. The van der Waals surface area contributed by atoms with Crippen LogP contribution in [0.2, 0.25) is 0 Å². The Kier molecular flexibility index (Phi) is 4.37. The lowest BCUT2D eigenvalue weighted by Crippen LogP contribution is -2.11. The highest BCUT2D eigenvalue weighted by Crippen LogP contribution is 2.14. The van der Waals surface area contributed by atoms with E-state index in [1.165, 1.54) is 0 Å². The zero-order valence-electron chi connectivity index (χ0n) is 9.80. The van der Waals surface area contributed by atoms with Gasteiger partial charge in [-0.3, -0.25) is 4.79 Å². The van der Waals surface area contributed by atoms with Crippen LogP contribution < -0.4 is 4.74 Å². The van der Waals surface area contributed by atoms with Crippen molar-refractivity contribution < 1.29 is 9.53 Å². The first-order valence-electron chi connectivity index (χ1n) is 5.67. The molecule has 0 unspecified atom stereocenters. The molecule has 0 aliphatic carbocycles. The van der Waals surface area contributed by atoms with Gasteiger partial charge in [0.2, 0.25) is 0 Å². The Morgan fingerprint density at radius 3 is 2.22 bits per heavy atom. The number of hydrogen-bond acceptors (Lipinski definition) is 2. The van der Waals surface area contributed by atoms with E-state index in [1.54, 1.807) is 12.1 Å². The van der Waals surface area contributed by atoms with Crippen LogP contribution in [0.15, 0.2) is 54.6 Å². The molecule has 3 heteroatoms. The van der Waals surface area contributed by atoms with Crippen LogP contribution in [0, 0.1) is 0 Å². The Hall–Kier alpha value is -1.80. The highest BCUT2D eigenvalue weighted by atomic mass is 35.5. The van der Waals surface area contributed by atoms with Gasteiger partial charge in [-0.2, -0.15) is 0 Å². The van der Waals surface area contributed by atoms with E-state index < -0.39 is 0 Å². The highest BCUT2D eigenvalue weighted by molar-refractivity contribution is 6.17. The maximum Gasteiger partial charge on any atom is 0.315 e. The van der Waals surface area contributed by atoms with Crippen molar-refractivity contribution in [2.24, 2.45) is 0 Å². The summed E-state index contributed by atoms with van der Waals surface area (Å²) in [6.07, 6.45) is 0.276. The van der Waals surface area contributed by atoms with Crippen LogP contribution in [0.1, 0.15) is 11.1 Å². The van der Waals surface area contributed by atoms with Gasteiger partial charge in [0.15, 0.2) is 0 Å². The van der Waals surface area contributed by atoms with E-state index in [9.17, 15) is 4.79 Å². The van der Waals surface area contributed by atoms with Crippen molar-refractivity contribution in [2.45, 2.75) is 12.3 Å². The van der Waals surface area contributed by atoms with Gasteiger partial charge in [-0.1, -0.05) is 42.5 Å². The lowest BCUT2D eigenvalue weighted by Gasteiger charge is -2.05. The molecule has 2 rings (SSSR count). The Morgan fingerprint density at radius 2 is 1.61 bits per heavy atom. The third kappa shape index (κ3) is 3.60. The predicted octanol–water partition coefficient (Wildman–Crippen LogP) is 3.57. The lowest BCUT2D eigenvalue weighted by atomic mass is 10.1. The molecule has 0 aromatic heterocycles. The van der Waals surface area contributed by atoms with E-state index in [2.05, 4.69) is 0 Å². The molecule has 2 aromatic rings. The van der Waals surface area contributed by atoms with Gasteiger partial charge >= 0.3 is 5.97 Å². The second kappa shape index (κ2) is 6.22. The maximum atomic E-state index is 11.7. The number of hydrogen-bond donors (Lipinski definition) is 0. The minimum atomic E-state index is -0.264. The molecule has 2 aromatic carbocycles.